The molecular formula is C14H21NO2S. The third kappa shape index (κ3) is 3.05. The van der Waals surface area contributed by atoms with Crippen LogP contribution in [0.15, 0.2) is 23.1 Å². The molecule has 0 amide bonds. The van der Waals surface area contributed by atoms with Crippen LogP contribution in [0.4, 0.5) is 5.69 Å². The van der Waals surface area contributed by atoms with Gasteiger partial charge in [0.05, 0.1) is 4.90 Å². The molecule has 2 atom stereocenters. The van der Waals surface area contributed by atoms with Gasteiger partial charge in [-0.3, -0.25) is 0 Å². The van der Waals surface area contributed by atoms with Gasteiger partial charge in [0, 0.05) is 18.0 Å². The van der Waals surface area contributed by atoms with E-state index in [9.17, 15) is 8.42 Å². The smallest absolute Gasteiger partial charge is 0.175 e. The van der Waals surface area contributed by atoms with Crippen LogP contribution >= 0.6 is 0 Å². The SMILES string of the molecule is Cc1ccc(S(C)(=O)=O)cc1NC1CCC(C)C1. The number of hydrogen-bond acceptors (Lipinski definition) is 3. The zero-order valence-electron chi connectivity index (χ0n) is 11.2. The average molecular weight is 267 g/mol. The quantitative estimate of drug-likeness (QED) is 0.915. The molecule has 2 rings (SSSR count). The Morgan fingerprint density at radius 2 is 2.00 bits per heavy atom. The topological polar surface area (TPSA) is 46.2 Å². The van der Waals surface area contributed by atoms with Crippen LogP contribution in [-0.4, -0.2) is 20.7 Å². The van der Waals surface area contributed by atoms with E-state index in [4.69, 9.17) is 0 Å². The fourth-order valence-corrected chi connectivity index (χ4v) is 3.19. The fraction of sp³-hybridized carbons (Fsp3) is 0.571. The molecule has 0 aromatic heterocycles. The second kappa shape index (κ2) is 4.92. The minimum absolute atomic E-state index is 0.390. The molecule has 0 spiro atoms. The van der Waals surface area contributed by atoms with Crippen LogP contribution in [0.1, 0.15) is 31.7 Å². The second-order valence-electron chi connectivity index (χ2n) is 5.51. The van der Waals surface area contributed by atoms with Crippen molar-refractivity contribution in [3.05, 3.63) is 23.8 Å². The average Bonchev–Trinajstić information content (AvgIpc) is 2.66. The van der Waals surface area contributed by atoms with E-state index in [-0.39, 0.29) is 0 Å². The van der Waals surface area contributed by atoms with Crippen LogP contribution < -0.4 is 5.32 Å². The highest BCUT2D eigenvalue weighted by Crippen LogP contribution is 2.29. The van der Waals surface area contributed by atoms with Gasteiger partial charge in [-0.15, -0.1) is 0 Å². The Labute approximate surface area is 110 Å². The summed E-state index contributed by atoms with van der Waals surface area (Å²) in [6, 6.07) is 5.78. The number of hydrogen-bond donors (Lipinski definition) is 1. The number of nitrogens with one attached hydrogen (secondary N) is 1. The minimum Gasteiger partial charge on any atom is -0.382 e. The summed E-state index contributed by atoms with van der Waals surface area (Å²) in [7, 11) is -3.13. The molecule has 1 N–H and O–H groups in total. The van der Waals surface area contributed by atoms with Crippen LogP contribution in [-0.2, 0) is 9.84 Å². The summed E-state index contributed by atoms with van der Waals surface area (Å²) >= 11 is 0. The van der Waals surface area contributed by atoms with Crippen molar-refractivity contribution < 1.29 is 8.42 Å². The highest BCUT2D eigenvalue weighted by molar-refractivity contribution is 7.90. The van der Waals surface area contributed by atoms with Crippen molar-refractivity contribution in [2.45, 2.75) is 44.0 Å². The van der Waals surface area contributed by atoms with Crippen molar-refractivity contribution in [3.63, 3.8) is 0 Å². The number of aryl methyl sites for hydroxylation is 1. The summed E-state index contributed by atoms with van der Waals surface area (Å²) < 4.78 is 23.1. The van der Waals surface area contributed by atoms with Gasteiger partial charge in [-0.05, 0) is 49.8 Å². The maximum atomic E-state index is 11.6. The Kier molecular flexibility index (Phi) is 3.66. The first-order valence-electron chi connectivity index (χ1n) is 6.43. The fourth-order valence-electron chi connectivity index (χ4n) is 2.55. The standard InChI is InChI=1S/C14H21NO2S/c1-10-4-6-12(8-10)15-14-9-13(18(3,16)17)7-5-11(14)2/h5,7,9-10,12,15H,4,6,8H2,1-3H3. The third-order valence-electron chi connectivity index (χ3n) is 3.69. The van der Waals surface area contributed by atoms with Gasteiger partial charge < -0.3 is 5.32 Å². The van der Waals surface area contributed by atoms with Crippen molar-refractivity contribution in [3.8, 4) is 0 Å². The maximum Gasteiger partial charge on any atom is 0.175 e. The highest BCUT2D eigenvalue weighted by atomic mass is 32.2. The minimum atomic E-state index is -3.13. The van der Waals surface area contributed by atoms with Gasteiger partial charge in [0.2, 0.25) is 0 Å². The van der Waals surface area contributed by atoms with Gasteiger partial charge >= 0.3 is 0 Å². The van der Waals surface area contributed by atoms with Crippen LogP contribution in [0, 0.1) is 12.8 Å². The maximum absolute atomic E-state index is 11.6. The lowest BCUT2D eigenvalue weighted by Crippen LogP contribution is -2.16. The van der Waals surface area contributed by atoms with Gasteiger partial charge in [0.25, 0.3) is 0 Å². The molecule has 1 aromatic carbocycles. The first-order valence-corrected chi connectivity index (χ1v) is 8.32. The number of sulfone groups is 1. The van der Waals surface area contributed by atoms with E-state index in [1.807, 2.05) is 13.0 Å². The van der Waals surface area contributed by atoms with E-state index >= 15 is 0 Å². The normalized spacial score (nSPS) is 24.2. The summed E-state index contributed by atoms with van der Waals surface area (Å²) in [4.78, 5) is 0.390. The molecule has 2 unspecified atom stereocenters. The molecular weight excluding hydrogens is 246 g/mol. The van der Waals surface area contributed by atoms with Crippen molar-refractivity contribution in [2.75, 3.05) is 11.6 Å². The second-order valence-corrected chi connectivity index (χ2v) is 7.52. The first-order chi connectivity index (χ1) is 8.36. The number of benzene rings is 1. The summed E-state index contributed by atoms with van der Waals surface area (Å²) in [6.07, 6.45) is 4.84. The van der Waals surface area contributed by atoms with Crippen LogP contribution in [0.3, 0.4) is 0 Å². The largest absolute Gasteiger partial charge is 0.382 e. The predicted octanol–water partition coefficient (Wildman–Crippen LogP) is 3.00. The molecule has 4 heteroatoms. The summed E-state index contributed by atoms with van der Waals surface area (Å²) in [6.45, 7) is 4.27. The van der Waals surface area contributed by atoms with Gasteiger partial charge in [0.15, 0.2) is 9.84 Å². The third-order valence-corrected chi connectivity index (χ3v) is 4.80. The first kappa shape index (κ1) is 13.4. The molecule has 0 heterocycles. The lowest BCUT2D eigenvalue weighted by Gasteiger charge is -2.17. The molecule has 1 aliphatic carbocycles. The Morgan fingerprint density at radius 3 is 2.56 bits per heavy atom. The van der Waals surface area contributed by atoms with Crippen molar-refractivity contribution in [1.29, 1.82) is 0 Å². The highest BCUT2D eigenvalue weighted by Gasteiger charge is 2.21. The summed E-state index contributed by atoms with van der Waals surface area (Å²) in [5, 5.41) is 3.49. The van der Waals surface area contributed by atoms with Crippen LogP contribution in [0.5, 0.6) is 0 Å². The Hall–Kier alpha value is -1.03. The zero-order chi connectivity index (χ0) is 13.3. The summed E-state index contributed by atoms with van der Waals surface area (Å²) in [5.74, 6) is 0.765. The molecule has 0 saturated heterocycles. The van der Waals surface area contributed by atoms with E-state index in [1.165, 1.54) is 25.5 Å². The van der Waals surface area contributed by atoms with Crippen LogP contribution in [0.2, 0.25) is 0 Å². The van der Waals surface area contributed by atoms with Gasteiger partial charge in [-0.1, -0.05) is 13.0 Å². The summed E-state index contributed by atoms with van der Waals surface area (Å²) in [5.41, 5.74) is 2.05. The molecule has 1 fully saturated rings. The Morgan fingerprint density at radius 1 is 1.28 bits per heavy atom. The zero-order valence-corrected chi connectivity index (χ0v) is 12.0. The van der Waals surface area contributed by atoms with E-state index < -0.39 is 9.84 Å². The molecule has 0 radical (unpaired) electrons. The monoisotopic (exact) mass is 267 g/mol. The van der Waals surface area contributed by atoms with Crippen molar-refractivity contribution in [1.82, 2.24) is 0 Å². The van der Waals surface area contributed by atoms with Gasteiger partial charge in [-0.25, -0.2) is 8.42 Å². The molecule has 0 aliphatic heterocycles. The predicted molar refractivity (Wildman–Crippen MR) is 74.7 cm³/mol. The lowest BCUT2D eigenvalue weighted by molar-refractivity contribution is 0.600. The Balaban J connectivity index is 2.22. The molecule has 1 aromatic rings. The number of rotatable bonds is 3. The molecule has 100 valence electrons. The molecule has 0 bridgehead atoms. The lowest BCUT2D eigenvalue weighted by atomic mass is 10.1. The van der Waals surface area contributed by atoms with Gasteiger partial charge in [0.1, 0.15) is 0 Å². The van der Waals surface area contributed by atoms with E-state index in [2.05, 4.69) is 12.2 Å². The van der Waals surface area contributed by atoms with Gasteiger partial charge in [-0.2, -0.15) is 0 Å². The molecule has 1 saturated carbocycles. The van der Waals surface area contributed by atoms with E-state index in [0.29, 0.717) is 10.9 Å². The molecule has 1 aliphatic rings. The Bertz CT molecular complexity index is 537. The van der Waals surface area contributed by atoms with Crippen LogP contribution in [0.25, 0.3) is 0 Å². The molecule has 3 nitrogen and oxygen atoms in total. The van der Waals surface area contributed by atoms with E-state index in [0.717, 1.165) is 17.2 Å². The number of anilines is 1. The van der Waals surface area contributed by atoms with E-state index in [1.54, 1.807) is 12.1 Å². The van der Waals surface area contributed by atoms with Crippen molar-refractivity contribution >= 4 is 15.5 Å². The van der Waals surface area contributed by atoms with Crippen molar-refractivity contribution in [2.24, 2.45) is 5.92 Å². The molecule has 18 heavy (non-hydrogen) atoms.